The monoisotopic (exact) mass is 424 g/mol. The van der Waals surface area contributed by atoms with Gasteiger partial charge in [0, 0.05) is 11.3 Å². The van der Waals surface area contributed by atoms with Crippen molar-refractivity contribution in [2.75, 3.05) is 23.0 Å². The molecule has 6 nitrogen and oxygen atoms in total. The minimum Gasteiger partial charge on any atom is -0.497 e. The maximum absolute atomic E-state index is 13.0. The SMILES string of the molecule is COc1ccc(N(C(C)C(=O)Nc2ccccc2-c2ccccc2)S(C)(=O)=O)cc1. The highest BCUT2D eigenvalue weighted by Crippen LogP contribution is 2.29. The Morgan fingerprint density at radius 3 is 2.13 bits per heavy atom. The number of anilines is 2. The molecule has 156 valence electrons. The van der Waals surface area contributed by atoms with E-state index in [0.717, 1.165) is 21.7 Å². The van der Waals surface area contributed by atoms with Gasteiger partial charge in [0.1, 0.15) is 11.8 Å². The molecular weight excluding hydrogens is 400 g/mol. The first-order valence-electron chi connectivity index (χ1n) is 9.40. The Labute approximate surface area is 177 Å². The van der Waals surface area contributed by atoms with E-state index in [9.17, 15) is 13.2 Å². The summed E-state index contributed by atoms with van der Waals surface area (Å²) < 4.78 is 31.2. The summed E-state index contributed by atoms with van der Waals surface area (Å²) in [7, 11) is -2.17. The van der Waals surface area contributed by atoms with E-state index in [2.05, 4.69) is 5.32 Å². The summed E-state index contributed by atoms with van der Waals surface area (Å²) in [6.45, 7) is 1.56. The molecular formula is C23H24N2O4S. The third-order valence-corrected chi connectivity index (χ3v) is 5.93. The Kier molecular flexibility index (Phi) is 6.42. The zero-order valence-corrected chi connectivity index (χ0v) is 17.9. The molecule has 0 aromatic heterocycles. The summed E-state index contributed by atoms with van der Waals surface area (Å²) in [5, 5.41) is 2.88. The van der Waals surface area contributed by atoms with Crippen molar-refractivity contribution in [3.05, 3.63) is 78.9 Å². The summed E-state index contributed by atoms with van der Waals surface area (Å²) in [5.41, 5.74) is 2.81. The Hall–Kier alpha value is -3.32. The molecule has 0 radical (unpaired) electrons. The maximum atomic E-state index is 13.0. The molecule has 1 N–H and O–H groups in total. The highest BCUT2D eigenvalue weighted by atomic mass is 32.2. The summed E-state index contributed by atoms with van der Waals surface area (Å²) in [4.78, 5) is 13.0. The van der Waals surface area contributed by atoms with Crippen LogP contribution in [0.4, 0.5) is 11.4 Å². The number of benzene rings is 3. The number of methoxy groups -OCH3 is 1. The van der Waals surface area contributed by atoms with E-state index in [4.69, 9.17) is 4.74 Å². The molecule has 30 heavy (non-hydrogen) atoms. The summed E-state index contributed by atoms with van der Waals surface area (Å²) in [6.07, 6.45) is 1.08. The lowest BCUT2D eigenvalue weighted by molar-refractivity contribution is -0.116. The van der Waals surface area contributed by atoms with Gasteiger partial charge in [0.25, 0.3) is 0 Å². The van der Waals surface area contributed by atoms with E-state index in [0.29, 0.717) is 17.1 Å². The first-order valence-corrected chi connectivity index (χ1v) is 11.2. The predicted octanol–water partition coefficient (Wildman–Crippen LogP) is 4.16. The molecule has 0 aliphatic carbocycles. The fraction of sp³-hybridized carbons (Fsp3) is 0.174. The van der Waals surface area contributed by atoms with Crippen molar-refractivity contribution in [2.45, 2.75) is 13.0 Å². The second-order valence-corrected chi connectivity index (χ2v) is 8.69. The van der Waals surface area contributed by atoms with Crippen molar-refractivity contribution in [3.8, 4) is 16.9 Å². The van der Waals surface area contributed by atoms with Crippen molar-refractivity contribution >= 4 is 27.3 Å². The van der Waals surface area contributed by atoms with E-state index >= 15 is 0 Å². The van der Waals surface area contributed by atoms with Gasteiger partial charge in [-0.15, -0.1) is 0 Å². The Bertz CT molecular complexity index is 1110. The summed E-state index contributed by atoms with van der Waals surface area (Å²) >= 11 is 0. The largest absolute Gasteiger partial charge is 0.497 e. The molecule has 1 atom stereocenters. The standard InChI is InChI=1S/C23H24N2O4S/c1-17(25(30(3,27)28)19-13-15-20(29-2)16-14-19)23(26)24-22-12-8-7-11-21(22)18-9-5-4-6-10-18/h4-17H,1-3H3,(H,24,26). The molecule has 0 fully saturated rings. The van der Waals surface area contributed by atoms with Gasteiger partial charge in [-0.2, -0.15) is 0 Å². The van der Waals surface area contributed by atoms with E-state index in [1.165, 1.54) is 7.11 Å². The highest BCUT2D eigenvalue weighted by Gasteiger charge is 2.29. The van der Waals surface area contributed by atoms with Crippen molar-refractivity contribution in [3.63, 3.8) is 0 Å². The third kappa shape index (κ3) is 4.80. The van der Waals surface area contributed by atoms with Crippen molar-refractivity contribution in [1.29, 1.82) is 0 Å². The Balaban J connectivity index is 1.90. The van der Waals surface area contributed by atoms with Crippen LogP contribution in [0.3, 0.4) is 0 Å². The average molecular weight is 425 g/mol. The van der Waals surface area contributed by atoms with E-state index in [1.807, 2.05) is 48.5 Å². The number of hydrogen-bond donors (Lipinski definition) is 1. The van der Waals surface area contributed by atoms with Crippen LogP contribution in [-0.4, -0.2) is 33.7 Å². The normalized spacial score (nSPS) is 12.1. The van der Waals surface area contributed by atoms with Gasteiger partial charge in [0.05, 0.1) is 19.1 Å². The van der Waals surface area contributed by atoms with Crippen molar-refractivity contribution in [1.82, 2.24) is 0 Å². The molecule has 3 aromatic rings. The Morgan fingerprint density at radius 2 is 1.53 bits per heavy atom. The number of ether oxygens (including phenoxy) is 1. The number of rotatable bonds is 7. The van der Waals surface area contributed by atoms with Gasteiger partial charge in [-0.25, -0.2) is 8.42 Å². The number of nitrogens with one attached hydrogen (secondary N) is 1. The topological polar surface area (TPSA) is 75.7 Å². The van der Waals surface area contributed by atoms with Crippen LogP contribution in [0.1, 0.15) is 6.92 Å². The van der Waals surface area contributed by atoms with Gasteiger partial charge in [-0.1, -0.05) is 48.5 Å². The van der Waals surface area contributed by atoms with Crippen LogP contribution < -0.4 is 14.4 Å². The number of sulfonamides is 1. The second-order valence-electron chi connectivity index (χ2n) is 6.83. The fourth-order valence-electron chi connectivity index (χ4n) is 3.24. The number of para-hydroxylation sites is 1. The first kappa shape index (κ1) is 21.4. The minimum atomic E-state index is -3.70. The third-order valence-electron chi connectivity index (χ3n) is 4.69. The number of carbonyl (C=O) groups is 1. The maximum Gasteiger partial charge on any atom is 0.248 e. The predicted molar refractivity (Wildman–Crippen MR) is 120 cm³/mol. The molecule has 0 spiro atoms. The fourth-order valence-corrected chi connectivity index (χ4v) is 4.41. The smallest absolute Gasteiger partial charge is 0.248 e. The van der Waals surface area contributed by atoms with Crippen LogP contribution in [0.5, 0.6) is 5.75 Å². The zero-order chi connectivity index (χ0) is 21.7. The Morgan fingerprint density at radius 1 is 0.933 bits per heavy atom. The zero-order valence-electron chi connectivity index (χ0n) is 17.1. The molecule has 1 amide bonds. The molecule has 0 heterocycles. The van der Waals surface area contributed by atoms with Crippen LogP contribution in [0.2, 0.25) is 0 Å². The van der Waals surface area contributed by atoms with Gasteiger partial charge in [-0.3, -0.25) is 9.10 Å². The summed E-state index contributed by atoms with van der Waals surface area (Å²) in [5.74, 6) is 0.167. The van der Waals surface area contributed by atoms with E-state index < -0.39 is 22.0 Å². The first-order chi connectivity index (χ1) is 14.3. The lowest BCUT2D eigenvalue weighted by Gasteiger charge is -2.28. The molecule has 0 aliphatic rings. The van der Waals surface area contributed by atoms with Crippen molar-refractivity contribution < 1.29 is 17.9 Å². The number of hydrogen-bond acceptors (Lipinski definition) is 4. The number of nitrogens with zero attached hydrogens (tertiary/aromatic N) is 1. The average Bonchev–Trinajstić information content (AvgIpc) is 2.74. The highest BCUT2D eigenvalue weighted by molar-refractivity contribution is 7.92. The molecule has 7 heteroatoms. The molecule has 3 rings (SSSR count). The lowest BCUT2D eigenvalue weighted by Crippen LogP contribution is -2.45. The summed E-state index contributed by atoms with van der Waals surface area (Å²) in [6, 6.07) is 22.7. The van der Waals surface area contributed by atoms with Crippen LogP contribution in [-0.2, 0) is 14.8 Å². The van der Waals surface area contributed by atoms with E-state index in [1.54, 1.807) is 37.3 Å². The molecule has 3 aromatic carbocycles. The van der Waals surface area contributed by atoms with Gasteiger partial charge < -0.3 is 10.1 Å². The van der Waals surface area contributed by atoms with Gasteiger partial charge in [0.15, 0.2) is 0 Å². The van der Waals surface area contributed by atoms with E-state index in [-0.39, 0.29) is 0 Å². The van der Waals surface area contributed by atoms with Crippen LogP contribution in [0.25, 0.3) is 11.1 Å². The molecule has 1 unspecified atom stereocenters. The molecule has 0 saturated heterocycles. The molecule has 0 bridgehead atoms. The molecule has 0 saturated carbocycles. The van der Waals surface area contributed by atoms with Crippen LogP contribution >= 0.6 is 0 Å². The van der Waals surface area contributed by atoms with Gasteiger partial charge in [0.2, 0.25) is 15.9 Å². The number of amides is 1. The lowest BCUT2D eigenvalue weighted by atomic mass is 10.0. The van der Waals surface area contributed by atoms with Gasteiger partial charge >= 0.3 is 0 Å². The quantitative estimate of drug-likeness (QED) is 0.618. The number of carbonyl (C=O) groups excluding carboxylic acids is 1. The van der Waals surface area contributed by atoms with Crippen LogP contribution in [0, 0.1) is 0 Å². The second kappa shape index (κ2) is 9.00. The van der Waals surface area contributed by atoms with Crippen LogP contribution in [0.15, 0.2) is 78.9 Å². The molecule has 0 aliphatic heterocycles. The minimum absolute atomic E-state index is 0.386. The van der Waals surface area contributed by atoms with Crippen molar-refractivity contribution in [2.24, 2.45) is 0 Å². The van der Waals surface area contributed by atoms with Gasteiger partial charge in [-0.05, 0) is 42.8 Å².